The van der Waals surface area contributed by atoms with Crippen LogP contribution >= 0.6 is 0 Å². The Balaban J connectivity index is 1.72. The van der Waals surface area contributed by atoms with E-state index >= 15 is 0 Å². The Bertz CT molecular complexity index is 575. The van der Waals surface area contributed by atoms with Crippen molar-refractivity contribution in [1.29, 1.82) is 0 Å². The summed E-state index contributed by atoms with van der Waals surface area (Å²) in [5.41, 5.74) is 1.52. The Labute approximate surface area is 130 Å². The summed E-state index contributed by atoms with van der Waals surface area (Å²) in [4.78, 5) is 15.7. The maximum Gasteiger partial charge on any atom is 0.252 e. The molecule has 0 aliphatic heterocycles. The molecule has 1 aromatic carbocycles. The van der Waals surface area contributed by atoms with Crippen LogP contribution < -0.4 is 5.32 Å². The minimum atomic E-state index is -0.758. The SMILES string of the molecule is C[C@H](OC[C@@H](O)CNC(=O)c1cccnc1)c1ccccc1. The Morgan fingerprint density at radius 3 is 2.73 bits per heavy atom. The van der Waals surface area contributed by atoms with Gasteiger partial charge >= 0.3 is 0 Å². The number of amides is 1. The molecule has 5 nitrogen and oxygen atoms in total. The van der Waals surface area contributed by atoms with Gasteiger partial charge in [-0.3, -0.25) is 9.78 Å². The number of carbonyl (C=O) groups is 1. The van der Waals surface area contributed by atoms with E-state index in [0.29, 0.717) is 5.56 Å². The highest BCUT2D eigenvalue weighted by Gasteiger charge is 2.12. The number of nitrogens with zero attached hydrogens (tertiary/aromatic N) is 1. The van der Waals surface area contributed by atoms with Gasteiger partial charge in [0, 0.05) is 18.9 Å². The average molecular weight is 300 g/mol. The monoisotopic (exact) mass is 300 g/mol. The smallest absolute Gasteiger partial charge is 0.252 e. The van der Waals surface area contributed by atoms with Crippen molar-refractivity contribution < 1.29 is 14.6 Å². The van der Waals surface area contributed by atoms with E-state index in [2.05, 4.69) is 10.3 Å². The van der Waals surface area contributed by atoms with Crippen LogP contribution in [0.15, 0.2) is 54.9 Å². The van der Waals surface area contributed by atoms with Gasteiger partial charge in [-0.2, -0.15) is 0 Å². The molecule has 5 heteroatoms. The van der Waals surface area contributed by atoms with Crippen LogP contribution in [-0.4, -0.2) is 35.3 Å². The minimum Gasteiger partial charge on any atom is -0.389 e. The zero-order valence-corrected chi connectivity index (χ0v) is 12.5. The molecule has 0 spiro atoms. The van der Waals surface area contributed by atoms with E-state index in [9.17, 15) is 9.90 Å². The van der Waals surface area contributed by atoms with E-state index in [0.717, 1.165) is 5.56 Å². The van der Waals surface area contributed by atoms with E-state index in [4.69, 9.17) is 4.74 Å². The maximum atomic E-state index is 11.8. The van der Waals surface area contributed by atoms with Gasteiger partial charge in [0.15, 0.2) is 0 Å². The van der Waals surface area contributed by atoms with E-state index in [1.807, 2.05) is 37.3 Å². The van der Waals surface area contributed by atoms with Crippen LogP contribution in [0, 0.1) is 0 Å². The number of pyridine rings is 1. The van der Waals surface area contributed by atoms with E-state index in [1.54, 1.807) is 18.3 Å². The van der Waals surface area contributed by atoms with Crippen molar-refractivity contribution in [2.24, 2.45) is 0 Å². The number of aliphatic hydroxyl groups is 1. The minimum absolute atomic E-state index is 0.107. The summed E-state index contributed by atoms with van der Waals surface area (Å²) in [6.45, 7) is 2.22. The molecular formula is C17H20N2O3. The average Bonchev–Trinajstić information content (AvgIpc) is 2.59. The topological polar surface area (TPSA) is 71.5 Å². The van der Waals surface area contributed by atoms with E-state index in [-0.39, 0.29) is 25.2 Å². The fraction of sp³-hybridized carbons (Fsp3) is 0.294. The molecule has 0 aliphatic rings. The van der Waals surface area contributed by atoms with Crippen molar-refractivity contribution >= 4 is 5.91 Å². The predicted molar refractivity (Wildman–Crippen MR) is 83.4 cm³/mol. The van der Waals surface area contributed by atoms with Crippen LogP contribution in [0.5, 0.6) is 0 Å². The summed E-state index contributed by atoms with van der Waals surface area (Å²) in [6, 6.07) is 13.1. The molecule has 0 bridgehead atoms. The molecule has 2 atom stereocenters. The molecule has 0 radical (unpaired) electrons. The van der Waals surface area contributed by atoms with Gasteiger partial charge in [-0.15, -0.1) is 0 Å². The fourth-order valence-electron chi connectivity index (χ4n) is 1.94. The molecule has 2 aromatic rings. The van der Waals surface area contributed by atoms with Crippen molar-refractivity contribution in [2.45, 2.75) is 19.1 Å². The normalized spacial score (nSPS) is 13.4. The Hall–Kier alpha value is -2.24. The highest BCUT2D eigenvalue weighted by molar-refractivity contribution is 5.93. The third-order valence-electron chi connectivity index (χ3n) is 3.23. The number of aromatic nitrogens is 1. The first-order valence-electron chi connectivity index (χ1n) is 7.19. The lowest BCUT2D eigenvalue weighted by Crippen LogP contribution is -2.34. The molecule has 0 fully saturated rings. The number of nitrogens with one attached hydrogen (secondary N) is 1. The lowest BCUT2D eigenvalue weighted by atomic mass is 10.1. The van der Waals surface area contributed by atoms with Crippen LogP contribution in [0.25, 0.3) is 0 Å². The quantitative estimate of drug-likeness (QED) is 0.820. The van der Waals surface area contributed by atoms with Gasteiger partial charge in [-0.05, 0) is 24.6 Å². The number of benzene rings is 1. The largest absolute Gasteiger partial charge is 0.389 e. The van der Waals surface area contributed by atoms with Crippen molar-refractivity contribution in [3.63, 3.8) is 0 Å². The lowest BCUT2D eigenvalue weighted by molar-refractivity contribution is -0.00171. The Morgan fingerprint density at radius 2 is 2.05 bits per heavy atom. The van der Waals surface area contributed by atoms with Gasteiger partial charge in [-0.1, -0.05) is 30.3 Å². The number of ether oxygens (including phenoxy) is 1. The maximum absolute atomic E-state index is 11.8. The number of rotatable bonds is 7. The molecule has 2 rings (SSSR count). The van der Waals surface area contributed by atoms with Gasteiger partial charge in [0.1, 0.15) is 0 Å². The molecule has 116 valence electrons. The molecule has 0 saturated carbocycles. The zero-order valence-electron chi connectivity index (χ0n) is 12.5. The Morgan fingerprint density at radius 1 is 1.27 bits per heavy atom. The van der Waals surface area contributed by atoms with Crippen LogP contribution in [0.2, 0.25) is 0 Å². The van der Waals surface area contributed by atoms with Crippen LogP contribution in [0.3, 0.4) is 0 Å². The zero-order chi connectivity index (χ0) is 15.8. The number of carbonyl (C=O) groups excluding carboxylic acids is 1. The van der Waals surface area contributed by atoms with E-state index in [1.165, 1.54) is 6.20 Å². The fourth-order valence-corrected chi connectivity index (χ4v) is 1.94. The first-order valence-corrected chi connectivity index (χ1v) is 7.19. The van der Waals surface area contributed by atoms with Crippen molar-refractivity contribution in [2.75, 3.05) is 13.2 Å². The molecule has 1 aromatic heterocycles. The third kappa shape index (κ3) is 4.95. The van der Waals surface area contributed by atoms with Crippen LogP contribution in [0.4, 0.5) is 0 Å². The van der Waals surface area contributed by atoms with Gasteiger partial charge in [0.05, 0.1) is 24.4 Å². The van der Waals surface area contributed by atoms with Crippen LogP contribution in [0.1, 0.15) is 28.9 Å². The molecule has 22 heavy (non-hydrogen) atoms. The predicted octanol–water partition coefficient (Wildman–Crippen LogP) is 1.95. The van der Waals surface area contributed by atoms with E-state index < -0.39 is 6.10 Å². The Kier molecular flexibility index (Phi) is 6.06. The number of aliphatic hydroxyl groups excluding tert-OH is 1. The first-order chi connectivity index (χ1) is 10.7. The molecule has 0 aliphatic carbocycles. The molecule has 2 N–H and O–H groups in total. The van der Waals surface area contributed by atoms with Gasteiger partial charge in [0.25, 0.3) is 5.91 Å². The number of hydrogen-bond donors (Lipinski definition) is 2. The van der Waals surface area contributed by atoms with Gasteiger partial charge in [-0.25, -0.2) is 0 Å². The second-order valence-corrected chi connectivity index (χ2v) is 4.99. The van der Waals surface area contributed by atoms with Gasteiger partial charge < -0.3 is 15.2 Å². The summed E-state index contributed by atoms with van der Waals surface area (Å²) >= 11 is 0. The molecule has 1 heterocycles. The van der Waals surface area contributed by atoms with Gasteiger partial charge in [0.2, 0.25) is 0 Å². The molecular weight excluding hydrogens is 280 g/mol. The van der Waals surface area contributed by atoms with Crippen molar-refractivity contribution in [1.82, 2.24) is 10.3 Å². The lowest BCUT2D eigenvalue weighted by Gasteiger charge is -2.17. The summed E-state index contributed by atoms with van der Waals surface area (Å²) in [5.74, 6) is -0.261. The number of hydrogen-bond acceptors (Lipinski definition) is 4. The summed E-state index contributed by atoms with van der Waals surface area (Å²) in [6.07, 6.45) is 2.22. The molecule has 0 saturated heterocycles. The molecule has 0 unspecified atom stereocenters. The van der Waals surface area contributed by atoms with Crippen molar-refractivity contribution in [3.8, 4) is 0 Å². The van der Waals surface area contributed by atoms with Crippen molar-refractivity contribution in [3.05, 3.63) is 66.0 Å². The summed E-state index contributed by atoms with van der Waals surface area (Å²) < 4.78 is 5.61. The highest BCUT2D eigenvalue weighted by atomic mass is 16.5. The first kappa shape index (κ1) is 16.1. The standard InChI is InChI=1S/C17H20N2O3/c1-13(14-6-3-2-4-7-14)22-12-16(20)11-19-17(21)15-8-5-9-18-10-15/h2-10,13,16,20H,11-12H2,1H3,(H,19,21)/t13-,16-/m0/s1. The summed E-state index contributed by atoms with van der Waals surface area (Å²) in [5, 5.41) is 12.5. The van der Waals surface area contributed by atoms with Crippen LogP contribution in [-0.2, 0) is 4.74 Å². The second kappa shape index (κ2) is 8.26. The second-order valence-electron chi connectivity index (χ2n) is 4.99. The summed E-state index contributed by atoms with van der Waals surface area (Å²) in [7, 11) is 0. The highest BCUT2D eigenvalue weighted by Crippen LogP contribution is 2.15. The third-order valence-corrected chi connectivity index (χ3v) is 3.23. The molecule has 1 amide bonds.